The van der Waals surface area contributed by atoms with Gasteiger partial charge in [0.25, 0.3) is 11.8 Å². The Morgan fingerprint density at radius 3 is 2.22 bits per heavy atom. The molecule has 0 aliphatic carbocycles. The van der Waals surface area contributed by atoms with E-state index >= 15 is 0 Å². The molecule has 8 heteroatoms. The lowest BCUT2D eigenvalue weighted by atomic mass is 10.0. The zero-order valence-corrected chi connectivity index (χ0v) is 18.7. The predicted molar refractivity (Wildman–Crippen MR) is 121 cm³/mol. The van der Waals surface area contributed by atoms with Crippen LogP contribution in [0.1, 0.15) is 45.9 Å². The molecule has 0 spiro atoms. The number of thiazole rings is 1. The number of benzene rings is 2. The van der Waals surface area contributed by atoms with E-state index in [1.165, 1.54) is 23.5 Å². The van der Waals surface area contributed by atoms with E-state index in [0.717, 1.165) is 15.3 Å². The second-order valence-electron chi connectivity index (χ2n) is 8.09. The van der Waals surface area contributed by atoms with Crippen molar-refractivity contribution in [2.45, 2.75) is 33.2 Å². The van der Waals surface area contributed by atoms with Gasteiger partial charge in [-0.2, -0.15) is 0 Å². The maximum atomic E-state index is 13.2. The van der Waals surface area contributed by atoms with Crippen molar-refractivity contribution in [3.05, 3.63) is 70.4 Å². The first-order valence-corrected chi connectivity index (χ1v) is 11.1. The van der Waals surface area contributed by atoms with Gasteiger partial charge in [0.05, 0.1) is 16.8 Å². The number of halogens is 1. The molecule has 0 bridgehead atoms. The summed E-state index contributed by atoms with van der Waals surface area (Å²) in [5.74, 6) is -1.66. The summed E-state index contributed by atoms with van der Waals surface area (Å²) in [6.45, 7) is 5.72. The lowest BCUT2D eigenvalue weighted by Crippen LogP contribution is -2.47. The van der Waals surface area contributed by atoms with Crippen LogP contribution in [0.5, 0.6) is 0 Å². The van der Waals surface area contributed by atoms with Crippen LogP contribution >= 0.6 is 11.3 Å². The molecule has 6 nitrogen and oxygen atoms in total. The van der Waals surface area contributed by atoms with Crippen LogP contribution in [-0.4, -0.2) is 33.6 Å². The number of imide groups is 1. The standard InChI is InChI=1S/C24H22FN3O3S/c1-13(2)12-19(28-22(30)17-6-4-5-7-18(17)23(28)31)21(29)27-24-26-20(14(3)32-24)15-8-10-16(25)11-9-15/h4-11,13,19H,12H2,1-3H3,(H,26,27,29). The number of aromatic nitrogens is 1. The predicted octanol–water partition coefficient (Wildman–Crippen LogP) is 4.91. The normalized spacial score (nSPS) is 14.1. The van der Waals surface area contributed by atoms with Crippen molar-refractivity contribution in [1.29, 1.82) is 0 Å². The van der Waals surface area contributed by atoms with Crippen LogP contribution in [0.3, 0.4) is 0 Å². The SMILES string of the molecule is Cc1sc(NC(=O)C(CC(C)C)N2C(=O)c3ccccc3C2=O)nc1-c1ccc(F)cc1. The Morgan fingerprint density at radius 1 is 1.06 bits per heavy atom. The second kappa shape index (κ2) is 8.63. The summed E-state index contributed by atoms with van der Waals surface area (Å²) in [6.07, 6.45) is 0.326. The van der Waals surface area contributed by atoms with E-state index in [1.54, 1.807) is 36.4 Å². The monoisotopic (exact) mass is 451 g/mol. The Morgan fingerprint density at radius 2 is 1.66 bits per heavy atom. The van der Waals surface area contributed by atoms with Crippen molar-refractivity contribution < 1.29 is 18.8 Å². The summed E-state index contributed by atoms with van der Waals surface area (Å²) >= 11 is 1.28. The maximum absolute atomic E-state index is 13.2. The number of fused-ring (bicyclic) bond motifs is 1. The van der Waals surface area contributed by atoms with E-state index in [0.29, 0.717) is 28.4 Å². The minimum atomic E-state index is -0.958. The van der Waals surface area contributed by atoms with Crippen LogP contribution in [0.25, 0.3) is 11.3 Å². The molecule has 2 heterocycles. The first kappa shape index (κ1) is 21.8. The number of anilines is 1. The van der Waals surface area contributed by atoms with E-state index in [4.69, 9.17) is 0 Å². The summed E-state index contributed by atoms with van der Waals surface area (Å²) in [6, 6.07) is 11.6. The highest BCUT2D eigenvalue weighted by Crippen LogP contribution is 2.32. The molecule has 164 valence electrons. The van der Waals surface area contributed by atoms with Crippen molar-refractivity contribution in [2.75, 3.05) is 5.32 Å². The van der Waals surface area contributed by atoms with Crippen LogP contribution in [0, 0.1) is 18.7 Å². The minimum absolute atomic E-state index is 0.0721. The third-order valence-electron chi connectivity index (χ3n) is 5.28. The number of hydrogen-bond donors (Lipinski definition) is 1. The molecule has 0 radical (unpaired) electrons. The summed E-state index contributed by atoms with van der Waals surface area (Å²) < 4.78 is 13.2. The lowest BCUT2D eigenvalue weighted by Gasteiger charge is -2.26. The van der Waals surface area contributed by atoms with Gasteiger partial charge in [-0.1, -0.05) is 26.0 Å². The number of hydrogen-bond acceptors (Lipinski definition) is 5. The van der Waals surface area contributed by atoms with Gasteiger partial charge < -0.3 is 5.32 Å². The van der Waals surface area contributed by atoms with Crippen molar-refractivity contribution in [3.8, 4) is 11.3 Å². The Balaban J connectivity index is 1.60. The van der Waals surface area contributed by atoms with Crippen LogP contribution in [0.2, 0.25) is 0 Å². The smallest absolute Gasteiger partial charge is 0.262 e. The van der Waals surface area contributed by atoms with Gasteiger partial charge in [0, 0.05) is 10.4 Å². The molecule has 1 N–H and O–H groups in total. The fourth-order valence-corrected chi connectivity index (χ4v) is 4.62. The Labute approximate surface area is 189 Å². The zero-order valence-electron chi connectivity index (χ0n) is 17.9. The first-order chi connectivity index (χ1) is 15.3. The topological polar surface area (TPSA) is 79.4 Å². The van der Waals surface area contributed by atoms with Crippen LogP contribution in [0.4, 0.5) is 9.52 Å². The van der Waals surface area contributed by atoms with Gasteiger partial charge in [0.1, 0.15) is 11.9 Å². The van der Waals surface area contributed by atoms with Crippen molar-refractivity contribution in [2.24, 2.45) is 5.92 Å². The average Bonchev–Trinajstić information content (AvgIpc) is 3.24. The number of amides is 3. The van der Waals surface area contributed by atoms with E-state index in [1.807, 2.05) is 20.8 Å². The molecule has 1 unspecified atom stereocenters. The second-order valence-corrected chi connectivity index (χ2v) is 9.29. The van der Waals surface area contributed by atoms with Gasteiger partial charge in [-0.3, -0.25) is 19.3 Å². The van der Waals surface area contributed by atoms with Crippen LogP contribution < -0.4 is 5.32 Å². The van der Waals surface area contributed by atoms with Gasteiger partial charge in [-0.05, 0) is 55.7 Å². The largest absolute Gasteiger partial charge is 0.300 e. The molecule has 32 heavy (non-hydrogen) atoms. The van der Waals surface area contributed by atoms with E-state index in [-0.39, 0.29) is 11.7 Å². The lowest BCUT2D eigenvalue weighted by molar-refractivity contribution is -0.120. The first-order valence-electron chi connectivity index (χ1n) is 10.3. The highest BCUT2D eigenvalue weighted by molar-refractivity contribution is 7.16. The highest BCUT2D eigenvalue weighted by Gasteiger charge is 2.43. The number of nitrogens with one attached hydrogen (secondary N) is 1. The zero-order chi connectivity index (χ0) is 23.0. The molecule has 1 aliphatic rings. The molecule has 1 aliphatic heterocycles. The number of aryl methyl sites for hydroxylation is 1. The Hall–Kier alpha value is -3.39. The van der Waals surface area contributed by atoms with Crippen LogP contribution in [-0.2, 0) is 4.79 Å². The average molecular weight is 452 g/mol. The summed E-state index contributed by atoms with van der Waals surface area (Å²) in [5, 5.41) is 3.14. The Kier molecular flexibility index (Phi) is 5.88. The van der Waals surface area contributed by atoms with Crippen molar-refractivity contribution in [3.63, 3.8) is 0 Å². The molecular weight excluding hydrogens is 429 g/mol. The van der Waals surface area contributed by atoms with E-state index in [2.05, 4.69) is 10.3 Å². The van der Waals surface area contributed by atoms with Crippen molar-refractivity contribution in [1.82, 2.24) is 9.88 Å². The number of carbonyl (C=O) groups is 3. The van der Waals surface area contributed by atoms with E-state index < -0.39 is 23.8 Å². The summed E-state index contributed by atoms with van der Waals surface area (Å²) in [7, 11) is 0. The van der Waals surface area contributed by atoms with Gasteiger partial charge >= 0.3 is 0 Å². The molecule has 2 aromatic carbocycles. The number of nitrogens with zero attached hydrogens (tertiary/aromatic N) is 2. The quantitative estimate of drug-likeness (QED) is 0.540. The molecule has 1 atom stereocenters. The Bertz CT molecular complexity index is 1170. The van der Waals surface area contributed by atoms with Crippen LogP contribution in [0.15, 0.2) is 48.5 Å². The van der Waals surface area contributed by atoms with E-state index in [9.17, 15) is 18.8 Å². The number of carbonyl (C=O) groups excluding carboxylic acids is 3. The molecule has 0 fully saturated rings. The van der Waals surface area contributed by atoms with Gasteiger partial charge in [-0.25, -0.2) is 9.37 Å². The summed E-state index contributed by atoms with van der Waals surface area (Å²) in [5.41, 5.74) is 2.00. The van der Waals surface area contributed by atoms with Crippen molar-refractivity contribution >= 4 is 34.2 Å². The van der Waals surface area contributed by atoms with Gasteiger partial charge in [0.2, 0.25) is 5.91 Å². The number of rotatable bonds is 6. The molecular formula is C24H22FN3O3S. The highest BCUT2D eigenvalue weighted by atomic mass is 32.1. The molecule has 3 aromatic rings. The molecule has 1 aromatic heterocycles. The molecule has 0 saturated carbocycles. The molecule has 4 rings (SSSR count). The third-order valence-corrected chi connectivity index (χ3v) is 6.17. The van der Waals surface area contributed by atoms with Gasteiger partial charge in [-0.15, -0.1) is 11.3 Å². The van der Waals surface area contributed by atoms with Gasteiger partial charge in [0.15, 0.2) is 5.13 Å². The maximum Gasteiger partial charge on any atom is 0.262 e. The minimum Gasteiger partial charge on any atom is -0.300 e. The fraction of sp³-hybridized carbons (Fsp3) is 0.250. The summed E-state index contributed by atoms with van der Waals surface area (Å²) in [4.78, 5) is 45.5. The fourth-order valence-electron chi connectivity index (χ4n) is 3.78. The molecule has 3 amide bonds. The third kappa shape index (κ3) is 4.05. The molecule has 0 saturated heterocycles.